The molecule has 0 bridgehead atoms. The number of halogens is 1. The normalized spacial score (nSPS) is 10.2. The quantitative estimate of drug-likeness (QED) is 0.765. The lowest BCUT2D eigenvalue weighted by atomic mass is 10.1. The topological polar surface area (TPSA) is 71.1 Å². The van der Waals surface area contributed by atoms with Crippen LogP contribution in [-0.2, 0) is 0 Å². The van der Waals surface area contributed by atoms with Crippen molar-refractivity contribution in [1.82, 2.24) is 10.3 Å². The Morgan fingerprint density at radius 3 is 2.38 bits per heavy atom. The molecule has 1 heterocycles. The van der Waals surface area contributed by atoms with E-state index in [0.29, 0.717) is 17.8 Å². The molecule has 2 rings (SSSR count). The number of amides is 2. The Hall–Kier alpha value is -2.76. The van der Waals surface area contributed by atoms with Crippen molar-refractivity contribution in [2.45, 2.75) is 26.2 Å². The van der Waals surface area contributed by atoms with E-state index in [2.05, 4.69) is 22.5 Å². The summed E-state index contributed by atoms with van der Waals surface area (Å²) in [5.41, 5.74) is 1.06. The zero-order chi connectivity index (χ0) is 17.4. The second kappa shape index (κ2) is 8.76. The van der Waals surface area contributed by atoms with Crippen LogP contribution < -0.4 is 10.6 Å². The highest BCUT2D eigenvalue weighted by Crippen LogP contribution is 2.11. The highest BCUT2D eigenvalue weighted by atomic mass is 19.1. The van der Waals surface area contributed by atoms with Gasteiger partial charge in [0.2, 0.25) is 0 Å². The molecule has 0 aliphatic heterocycles. The van der Waals surface area contributed by atoms with Crippen LogP contribution in [0.25, 0.3) is 0 Å². The lowest BCUT2D eigenvalue weighted by molar-refractivity contribution is 0.0952. The molecule has 2 amide bonds. The fraction of sp³-hybridized carbons (Fsp3) is 0.278. The van der Waals surface area contributed by atoms with E-state index in [0.717, 1.165) is 19.3 Å². The molecule has 5 nitrogen and oxygen atoms in total. The molecule has 1 aromatic carbocycles. The molecule has 0 unspecified atom stereocenters. The summed E-state index contributed by atoms with van der Waals surface area (Å²) in [5.74, 6) is -1.04. The average Bonchev–Trinajstić information content (AvgIpc) is 2.60. The van der Waals surface area contributed by atoms with Crippen LogP contribution in [-0.4, -0.2) is 23.3 Å². The number of aromatic nitrogens is 1. The summed E-state index contributed by atoms with van der Waals surface area (Å²) in [6.07, 6.45) is 5.85. The number of rotatable bonds is 7. The first-order valence-corrected chi connectivity index (χ1v) is 7.90. The van der Waals surface area contributed by atoms with Gasteiger partial charge in [0.1, 0.15) is 5.82 Å². The van der Waals surface area contributed by atoms with E-state index < -0.39 is 5.91 Å². The number of benzene rings is 1. The smallest absolute Gasteiger partial charge is 0.257 e. The Balaban J connectivity index is 1.99. The Bertz CT molecular complexity index is 702. The maximum absolute atomic E-state index is 12.9. The van der Waals surface area contributed by atoms with Crippen LogP contribution in [0.1, 0.15) is 46.9 Å². The molecule has 6 heteroatoms. The minimum atomic E-state index is -0.408. The lowest BCUT2D eigenvalue weighted by Gasteiger charge is -2.07. The first-order chi connectivity index (χ1) is 11.6. The first-order valence-electron chi connectivity index (χ1n) is 7.90. The van der Waals surface area contributed by atoms with Crippen LogP contribution >= 0.6 is 0 Å². The first kappa shape index (κ1) is 17.6. The maximum Gasteiger partial charge on any atom is 0.257 e. The Labute approximate surface area is 140 Å². The van der Waals surface area contributed by atoms with Crippen LogP contribution in [0.4, 0.5) is 10.1 Å². The van der Waals surface area contributed by atoms with Crippen molar-refractivity contribution >= 4 is 17.5 Å². The van der Waals surface area contributed by atoms with E-state index >= 15 is 0 Å². The van der Waals surface area contributed by atoms with E-state index in [-0.39, 0.29) is 17.3 Å². The van der Waals surface area contributed by atoms with E-state index in [4.69, 9.17) is 0 Å². The highest BCUT2D eigenvalue weighted by molar-refractivity contribution is 6.05. The number of hydrogen-bond acceptors (Lipinski definition) is 3. The molecule has 0 saturated heterocycles. The van der Waals surface area contributed by atoms with Gasteiger partial charge in [-0.1, -0.05) is 19.8 Å². The van der Waals surface area contributed by atoms with Crippen molar-refractivity contribution in [3.63, 3.8) is 0 Å². The molecule has 2 aromatic rings. The summed E-state index contributed by atoms with van der Waals surface area (Å²) >= 11 is 0. The predicted octanol–water partition coefficient (Wildman–Crippen LogP) is 3.39. The summed E-state index contributed by atoms with van der Waals surface area (Å²) in [7, 11) is 0. The number of nitrogens with zero attached hydrogens (tertiary/aromatic N) is 1. The van der Waals surface area contributed by atoms with Gasteiger partial charge in [0, 0.05) is 24.6 Å². The Morgan fingerprint density at radius 1 is 1.04 bits per heavy atom. The molecular weight excluding hydrogens is 309 g/mol. The van der Waals surface area contributed by atoms with Crippen LogP contribution in [0.3, 0.4) is 0 Å². The van der Waals surface area contributed by atoms with Gasteiger partial charge in [-0.3, -0.25) is 14.6 Å². The van der Waals surface area contributed by atoms with Gasteiger partial charge in [-0.15, -0.1) is 0 Å². The van der Waals surface area contributed by atoms with Crippen molar-refractivity contribution in [1.29, 1.82) is 0 Å². The molecule has 0 aliphatic carbocycles. The summed E-state index contributed by atoms with van der Waals surface area (Å²) < 4.78 is 12.9. The highest BCUT2D eigenvalue weighted by Gasteiger charge is 2.11. The van der Waals surface area contributed by atoms with Crippen LogP contribution in [0.5, 0.6) is 0 Å². The van der Waals surface area contributed by atoms with Gasteiger partial charge in [-0.25, -0.2) is 4.39 Å². The second-order valence-corrected chi connectivity index (χ2v) is 5.39. The van der Waals surface area contributed by atoms with Crippen LogP contribution in [0, 0.1) is 5.82 Å². The second-order valence-electron chi connectivity index (χ2n) is 5.39. The third-order valence-electron chi connectivity index (χ3n) is 3.43. The largest absolute Gasteiger partial charge is 0.352 e. The average molecular weight is 329 g/mol. The molecular formula is C18H20FN3O2. The van der Waals surface area contributed by atoms with Crippen LogP contribution in [0.2, 0.25) is 0 Å². The number of anilines is 1. The van der Waals surface area contributed by atoms with Crippen molar-refractivity contribution in [3.8, 4) is 0 Å². The third kappa shape index (κ3) is 5.15. The summed E-state index contributed by atoms with van der Waals surface area (Å²) in [5, 5.41) is 5.44. The number of nitrogens with one attached hydrogen (secondary N) is 2. The molecule has 0 aliphatic rings. The van der Waals surface area contributed by atoms with Gasteiger partial charge in [0.05, 0.1) is 11.1 Å². The summed E-state index contributed by atoms with van der Waals surface area (Å²) in [6, 6.07) is 6.93. The van der Waals surface area contributed by atoms with Gasteiger partial charge in [0.15, 0.2) is 0 Å². The van der Waals surface area contributed by atoms with Crippen molar-refractivity contribution < 1.29 is 14.0 Å². The fourth-order valence-electron chi connectivity index (χ4n) is 2.10. The summed E-state index contributed by atoms with van der Waals surface area (Å²) in [4.78, 5) is 28.2. The van der Waals surface area contributed by atoms with Crippen molar-refractivity contribution in [2.75, 3.05) is 11.9 Å². The lowest BCUT2D eigenvalue weighted by Crippen LogP contribution is -2.25. The zero-order valence-corrected chi connectivity index (χ0v) is 13.5. The maximum atomic E-state index is 12.9. The molecule has 24 heavy (non-hydrogen) atoms. The van der Waals surface area contributed by atoms with Crippen molar-refractivity contribution in [2.24, 2.45) is 0 Å². The Kier molecular flexibility index (Phi) is 6.42. The monoisotopic (exact) mass is 329 g/mol. The van der Waals surface area contributed by atoms with E-state index in [1.54, 1.807) is 0 Å². The fourth-order valence-corrected chi connectivity index (χ4v) is 2.10. The van der Waals surface area contributed by atoms with Gasteiger partial charge in [-0.2, -0.15) is 0 Å². The van der Waals surface area contributed by atoms with Gasteiger partial charge < -0.3 is 10.6 Å². The molecule has 0 fully saturated rings. The van der Waals surface area contributed by atoms with Gasteiger partial charge >= 0.3 is 0 Å². The van der Waals surface area contributed by atoms with E-state index in [9.17, 15) is 14.0 Å². The number of unbranched alkanes of at least 4 members (excludes halogenated alkanes) is 2. The number of carbonyl (C=O) groups excluding carboxylic acids is 2. The van der Waals surface area contributed by atoms with Gasteiger partial charge in [-0.05, 0) is 36.8 Å². The molecule has 0 atom stereocenters. The minimum Gasteiger partial charge on any atom is -0.352 e. The number of pyridine rings is 1. The minimum absolute atomic E-state index is 0.255. The van der Waals surface area contributed by atoms with Crippen LogP contribution in [0.15, 0.2) is 42.7 Å². The predicted molar refractivity (Wildman–Crippen MR) is 90.4 cm³/mol. The van der Waals surface area contributed by atoms with Gasteiger partial charge in [0.25, 0.3) is 11.8 Å². The third-order valence-corrected chi connectivity index (χ3v) is 3.43. The molecule has 1 aromatic heterocycles. The molecule has 0 spiro atoms. The standard InChI is InChI=1S/C18H20FN3O2/c1-2-3-4-9-21-17(23)13-10-14(12-20-11-13)18(24)22-16-7-5-15(19)6-8-16/h5-8,10-12H,2-4,9H2,1H3,(H,21,23)(H,22,24). The zero-order valence-electron chi connectivity index (χ0n) is 13.5. The van der Waals surface area contributed by atoms with E-state index in [1.165, 1.54) is 42.7 Å². The number of hydrogen-bond donors (Lipinski definition) is 2. The number of carbonyl (C=O) groups is 2. The molecule has 0 saturated carbocycles. The van der Waals surface area contributed by atoms with Crippen molar-refractivity contribution in [3.05, 3.63) is 59.7 Å². The Morgan fingerprint density at radius 2 is 1.71 bits per heavy atom. The molecule has 126 valence electrons. The molecule has 0 radical (unpaired) electrons. The SMILES string of the molecule is CCCCCNC(=O)c1cncc(C(=O)Nc2ccc(F)cc2)c1. The summed E-state index contributed by atoms with van der Waals surface area (Å²) in [6.45, 7) is 2.69. The molecule has 2 N–H and O–H groups in total. The van der Waals surface area contributed by atoms with E-state index in [1.807, 2.05) is 0 Å².